The fraction of sp³-hybridized carbons (Fsp3) is 0.448. The van der Waals surface area contributed by atoms with Crippen LogP contribution in [0.4, 0.5) is 10.2 Å². The summed E-state index contributed by atoms with van der Waals surface area (Å²) in [6.45, 7) is 6.26. The number of hydrogen-bond acceptors (Lipinski definition) is 10. The van der Waals surface area contributed by atoms with Crippen molar-refractivity contribution in [3.63, 3.8) is 0 Å². The van der Waals surface area contributed by atoms with Gasteiger partial charge < -0.3 is 24.2 Å². The molecule has 3 atom stereocenters. The van der Waals surface area contributed by atoms with Gasteiger partial charge in [-0.2, -0.15) is 20.3 Å². The molecule has 3 aromatic rings. The summed E-state index contributed by atoms with van der Waals surface area (Å²) in [5.74, 6) is -0.905. The number of likely N-dealkylation sites (N-methyl/N-ethyl adjacent to an activating group) is 1. The third-order valence-electron chi connectivity index (χ3n) is 8.40. The number of likely N-dealkylation sites (tertiary alicyclic amines) is 1. The van der Waals surface area contributed by atoms with E-state index in [2.05, 4.69) is 27.7 Å². The van der Waals surface area contributed by atoms with Gasteiger partial charge in [-0.25, -0.2) is 4.39 Å². The summed E-state index contributed by atoms with van der Waals surface area (Å²) in [5.41, 5.74) is 1.65. The van der Waals surface area contributed by atoms with E-state index in [9.17, 15) is 19.2 Å². The van der Waals surface area contributed by atoms with E-state index in [0.717, 1.165) is 0 Å². The zero-order valence-corrected chi connectivity index (χ0v) is 25.1. The first kappa shape index (κ1) is 29.7. The highest BCUT2D eigenvalue weighted by Gasteiger charge is 2.38. The molecular formula is C29H31ClFN9O4. The Kier molecular flexibility index (Phi) is 8.10. The first-order valence-corrected chi connectivity index (χ1v) is 14.5. The molecule has 0 saturated carbocycles. The van der Waals surface area contributed by atoms with E-state index >= 15 is 0 Å². The summed E-state index contributed by atoms with van der Waals surface area (Å²) >= 11 is 6.32. The molecule has 3 aliphatic rings. The number of fused-ring (bicyclic) bond motifs is 2. The first-order valence-electron chi connectivity index (χ1n) is 14.1. The molecule has 0 spiro atoms. The van der Waals surface area contributed by atoms with Crippen molar-refractivity contribution in [3.8, 4) is 12.1 Å². The Balaban J connectivity index is 1.36. The van der Waals surface area contributed by atoms with Crippen molar-refractivity contribution in [3.05, 3.63) is 52.6 Å². The normalized spacial score (nSPS) is 21.9. The number of piperazine rings is 1. The highest BCUT2D eigenvalue weighted by Crippen LogP contribution is 2.36. The molecule has 0 radical (unpaired) electrons. The molecule has 1 N–H and O–H groups in total. The summed E-state index contributed by atoms with van der Waals surface area (Å²) in [6, 6.07) is 3.12. The molecule has 2 fully saturated rings. The van der Waals surface area contributed by atoms with Gasteiger partial charge in [-0.05, 0) is 13.1 Å². The molecule has 2 aromatic heterocycles. The Bertz CT molecular complexity index is 1680. The van der Waals surface area contributed by atoms with Crippen molar-refractivity contribution in [2.24, 2.45) is 0 Å². The van der Waals surface area contributed by atoms with Crippen LogP contribution in [-0.2, 0) is 22.6 Å². The highest BCUT2D eigenvalue weighted by atomic mass is 35.5. The summed E-state index contributed by atoms with van der Waals surface area (Å²) in [4.78, 5) is 43.2. The lowest BCUT2D eigenvalue weighted by molar-refractivity contribution is -0.128. The van der Waals surface area contributed by atoms with Crippen molar-refractivity contribution < 1.29 is 23.5 Å². The number of H-pyrrole nitrogens is 1. The molecule has 1 aromatic carbocycles. The molecular weight excluding hydrogens is 593 g/mol. The van der Waals surface area contributed by atoms with Gasteiger partial charge in [0, 0.05) is 56.8 Å². The molecule has 5 heterocycles. The minimum absolute atomic E-state index is 0.0109. The summed E-state index contributed by atoms with van der Waals surface area (Å²) in [6.07, 6.45) is 2.32. The first-order chi connectivity index (χ1) is 21.2. The zero-order valence-electron chi connectivity index (χ0n) is 24.3. The Hall–Kier alpha value is -4.32. The van der Waals surface area contributed by atoms with Crippen molar-refractivity contribution >= 4 is 40.1 Å². The lowest BCUT2D eigenvalue weighted by Gasteiger charge is -2.41. The maximum Gasteiger partial charge on any atom is 0.319 e. The van der Waals surface area contributed by atoms with Crippen molar-refractivity contribution in [2.45, 2.75) is 37.8 Å². The number of carbonyl (C=O) groups is 2. The second kappa shape index (κ2) is 12.0. The number of nitriles is 1. The number of aromatic nitrogens is 4. The van der Waals surface area contributed by atoms with Gasteiger partial charge in [0.1, 0.15) is 23.8 Å². The molecule has 230 valence electrons. The second-order valence-electron chi connectivity index (χ2n) is 11.1. The van der Waals surface area contributed by atoms with Crippen LogP contribution in [-0.4, -0.2) is 112 Å². The smallest absolute Gasteiger partial charge is 0.319 e. The maximum absolute atomic E-state index is 14.7. The molecule has 2 amide bonds. The van der Waals surface area contributed by atoms with Crippen LogP contribution in [0.5, 0.6) is 6.01 Å². The topological polar surface area (TPSA) is 144 Å². The number of anilines is 1. The third kappa shape index (κ3) is 5.31. The number of nitrogens with zero attached hydrogens (tertiary/aromatic N) is 8. The van der Waals surface area contributed by atoms with Crippen molar-refractivity contribution in [1.82, 2.24) is 34.9 Å². The van der Waals surface area contributed by atoms with E-state index in [4.69, 9.17) is 31.0 Å². The fourth-order valence-corrected chi connectivity index (χ4v) is 6.44. The molecule has 6 rings (SSSR count). The van der Waals surface area contributed by atoms with Crippen LogP contribution in [0, 0.1) is 17.1 Å². The average Bonchev–Trinajstić information content (AvgIpc) is 3.75. The largest absolute Gasteiger partial charge is 0.456 e. The zero-order chi connectivity index (χ0) is 31.1. The van der Waals surface area contributed by atoms with E-state index in [1.54, 1.807) is 12.0 Å². The molecule has 15 heteroatoms. The molecule has 13 nitrogen and oxygen atoms in total. The van der Waals surface area contributed by atoms with E-state index in [0.29, 0.717) is 60.7 Å². The van der Waals surface area contributed by atoms with Gasteiger partial charge in [0.15, 0.2) is 0 Å². The molecule has 0 unspecified atom stereocenters. The molecule has 3 aliphatic heterocycles. The standard InChI is InChI=1S/C29H31ClFN9O4/c1-4-24(41)40-8-7-38(11-16(40)5-6-32)27-18-12-39(28(42)25-17-10-33-36-20(17)9-19(31)26(25)30)13-21(18)34-29(35-27)44-23-15-37(2)14-22(23)43-3/h4,9-10,16,22-23H,1,5,7-8,11-15H2,2-3H3,(H,33,36)/t16-,22+,23+/m0/s1. The number of benzene rings is 1. The van der Waals surface area contributed by atoms with Crippen LogP contribution in [0.3, 0.4) is 0 Å². The number of rotatable bonds is 7. The quantitative estimate of drug-likeness (QED) is 0.389. The highest BCUT2D eigenvalue weighted by molar-refractivity contribution is 6.35. The molecule has 0 bridgehead atoms. The van der Waals surface area contributed by atoms with Crippen LogP contribution in [0.25, 0.3) is 10.9 Å². The lowest BCUT2D eigenvalue weighted by Crippen LogP contribution is -2.55. The molecule has 0 aliphatic carbocycles. The number of carbonyl (C=O) groups excluding carboxylic acids is 2. The second-order valence-corrected chi connectivity index (χ2v) is 11.5. The van der Waals surface area contributed by atoms with Crippen LogP contribution in [0.1, 0.15) is 28.0 Å². The van der Waals surface area contributed by atoms with E-state index < -0.39 is 17.8 Å². The van der Waals surface area contributed by atoms with Gasteiger partial charge in [0.25, 0.3) is 5.91 Å². The minimum Gasteiger partial charge on any atom is -0.456 e. The van der Waals surface area contributed by atoms with Crippen LogP contribution < -0.4 is 9.64 Å². The summed E-state index contributed by atoms with van der Waals surface area (Å²) in [7, 11) is 3.61. The van der Waals surface area contributed by atoms with Gasteiger partial charge in [-0.3, -0.25) is 19.6 Å². The molecule has 2 saturated heterocycles. The van der Waals surface area contributed by atoms with Crippen LogP contribution >= 0.6 is 11.6 Å². The van der Waals surface area contributed by atoms with Crippen molar-refractivity contribution in [1.29, 1.82) is 5.26 Å². The van der Waals surface area contributed by atoms with Gasteiger partial charge in [0.2, 0.25) is 5.91 Å². The third-order valence-corrected chi connectivity index (χ3v) is 8.77. The monoisotopic (exact) mass is 623 g/mol. The van der Waals surface area contributed by atoms with Gasteiger partial charge >= 0.3 is 6.01 Å². The van der Waals surface area contributed by atoms with E-state index in [1.807, 2.05) is 11.9 Å². The number of ether oxygens (including phenoxy) is 2. The number of halogens is 2. The molecule has 44 heavy (non-hydrogen) atoms. The SMILES string of the molecule is C=CC(=O)N1CCN(c2nc(O[C@@H]3CN(C)C[C@H]3OC)nc3c2CN(C(=O)c2c(Cl)c(F)cc4[nH]ncc24)C3)C[C@@H]1CC#N. The summed E-state index contributed by atoms with van der Waals surface area (Å²) in [5, 5.41) is 16.3. The van der Waals surface area contributed by atoms with Crippen LogP contribution in [0.15, 0.2) is 24.9 Å². The van der Waals surface area contributed by atoms with Gasteiger partial charge in [0.05, 0.1) is 59.6 Å². The summed E-state index contributed by atoms with van der Waals surface area (Å²) < 4.78 is 26.6. The maximum atomic E-state index is 14.7. The Morgan fingerprint density at radius 2 is 2.05 bits per heavy atom. The number of aromatic amines is 1. The number of amides is 2. The van der Waals surface area contributed by atoms with E-state index in [-0.39, 0.29) is 54.2 Å². The Morgan fingerprint density at radius 3 is 2.80 bits per heavy atom. The van der Waals surface area contributed by atoms with Crippen LogP contribution in [0.2, 0.25) is 5.02 Å². The predicted molar refractivity (Wildman–Crippen MR) is 158 cm³/mol. The van der Waals surface area contributed by atoms with E-state index in [1.165, 1.54) is 23.2 Å². The average molecular weight is 624 g/mol. The van der Waals surface area contributed by atoms with Gasteiger partial charge in [-0.15, -0.1) is 0 Å². The minimum atomic E-state index is -0.732. The number of hydrogen-bond donors (Lipinski definition) is 1. The number of nitrogens with one attached hydrogen (secondary N) is 1. The fourth-order valence-electron chi connectivity index (χ4n) is 6.21. The Labute approximate surface area is 257 Å². The van der Waals surface area contributed by atoms with Gasteiger partial charge in [-0.1, -0.05) is 18.2 Å². The number of methoxy groups -OCH3 is 1. The van der Waals surface area contributed by atoms with Crippen molar-refractivity contribution in [2.75, 3.05) is 51.8 Å². The Morgan fingerprint density at radius 1 is 1.25 bits per heavy atom. The predicted octanol–water partition coefficient (Wildman–Crippen LogP) is 2.13. The lowest BCUT2D eigenvalue weighted by atomic mass is 10.1.